The predicted octanol–water partition coefficient (Wildman–Crippen LogP) is 2.72. The molecule has 1 aliphatic carbocycles. The maximum Gasteiger partial charge on any atom is 0.251 e. The van der Waals surface area contributed by atoms with Gasteiger partial charge in [-0.15, -0.1) is 12.4 Å². The number of carbonyl (C=O) groups excluding carboxylic acids is 2. The Morgan fingerprint density at radius 2 is 1.64 bits per heavy atom. The molecular formula is C19H26ClN3O2. The quantitative estimate of drug-likeness (QED) is 0.770. The van der Waals surface area contributed by atoms with Gasteiger partial charge >= 0.3 is 0 Å². The number of piperidine rings is 1. The Hall–Kier alpha value is -1.59. The fraction of sp³-hybridized carbons (Fsp3) is 0.579. The van der Waals surface area contributed by atoms with Crippen LogP contribution in [0.25, 0.3) is 0 Å². The maximum absolute atomic E-state index is 12.4. The van der Waals surface area contributed by atoms with E-state index in [1.807, 2.05) is 12.1 Å². The van der Waals surface area contributed by atoms with Crippen molar-refractivity contribution in [1.29, 1.82) is 0 Å². The van der Waals surface area contributed by atoms with Crippen LogP contribution in [-0.2, 0) is 4.79 Å². The molecule has 25 heavy (non-hydrogen) atoms. The van der Waals surface area contributed by atoms with Gasteiger partial charge in [-0.05, 0) is 62.3 Å². The molecular weight excluding hydrogens is 338 g/mol. The topological polar surface area (TPSA) is 70.2 Å². The van der Waals surface area contributed by atoms with Gasteiger partial charge in [0.05, 0.1) is 0 Å². The normalized spacial score (nSPS) is 32.4. The van der Waals surface area contributed by atoms with Gasteiger partial charge in [-0.25, -0.2) is 0 Å². The minimum Gasteiger partial charge on any atom is -0.349 e. The van der Waals surface area contributed by atoms with Crippen LogP contribution in [0.15, 0.2) is 24.3 Å². The molecule has 3 aliphatic rings. The van der Waals surface area contributed by atoms with Crippen molar-refractivity contribution in [3.63, 3.8) is 0 Å². The summed E-state index contributed by atoms with van der Waals surface area (Å²) in [6.45, 7) is 2.09. The summed E-state index contributed by atoms with van der Waals surface area (Å²) in [5.41, 5.74) is 1.41. The Kier molecular flexibility index (Phi) is 5.35. The third-order valence-electron chi connectivity index (χ3n) is 5.67. The molecule has 2 saturated heterocycles. The number of hydrogen-bond acceptors (Lipinski definition) is 3. The van der Waals surface area contributed by atoms with Crippen LogP contribution < -0.4 is 16.0 Å². The lowest BCUT2D eigenvalue weighted by Crippen LogP contribution is -2.48. The molecule has 3 fully saturated rings. The zero-order valence-corrected chi connectivity index (χ0v) is 15.3. The fourth-order valence-corrected chi connectivity index (χ4v) is 4.07. The summed E-state index contributed by atoms with van der Waals surface area (Å²) in [5.74, 6) is 0.721. The number of rotatable bonds is 4. The third-order valence-corrected chi connectivity index (χ3v) is 5.67. The van der Waals surface area contributed by atoms with Crippen molar-refractivity contribution >= 4 is 29.9 Å². The summed E-state index contributed by atoms with van der Waals surface area (Å²) in [7, 11) is 0. The molecule has 2 heterocycles. The van der Waals surface area contributed by atoms with E-state index in [1.54, 1.807) is 12.1 Å². The number of carbonyl (C=O) groups is 2. The molecule has 4 atom stereocenters. The number of nitrogens with one attached hydrogen (secondary N) is 3. The summed E-state index contributed by atoms with van der Waals surface area (Å²) in [4.78, 5) is 24.4. The summed E-state index contributed by atoms with van der Waals surface area (Å²) in [6.07, 6.45) is 5.48. The predicted molar refractivity (Wildman–Crippen MR) is 100 cm³/mol. The highest BCUT2D eigenvalue weighted by Crippen LogP contribution is 2.38. The number of hydrogen-bond donors (Lipinski definition) is 3. The van der Waals surface area contributed by atoms with E-state index in [2.05, 4.69) is 22.9 Å². The highest BCUT2D eigenvalue weighted by Gasteiger charge is 2.39. The first-order valence-corrected chi connectivity index (χ1v) is 9.06. The van der Waals surface area contributed by atoms with Crippen molar-refractivity contribution in [1.82, 2.24) is 10.6 Å². The SMILES string of the molecule is CC1CC1C(=O)Nc1ccc(C(=O)NC2CC3CCC(C2)N3)cc1.Cl. The van der Waals surface area contributed by atoms with Crippen LogP contribution in [0.3, 0.4) is 0 Å². The summed E-state index contributed by atoms with van der Waals surface area (Å²) in [5, 5.41) is 9.67. The van der Waals surface area contributed by atoms with E-state index in [4.69, 9.17) is 0 Å². The molecule has 0 aromatic heterocycles. The first-order valence-electron chi connectivity index (χ1n) is 9.06. The van der Waals surface area contributed by atoms with Crippen molar-refractivity contribution < 1.29 is 9.59 Å². The largest absolute Gasteiger partial charge is 0.349 e. The second kappa shape index (κ2) is 7.34. The number of benzene rings is 1. The number of halogens is 1. The Labute approximate surface area is 154 Å². The Bertz CT molecular complexity index is 637. The van der Waals surface area contributed by atoms with E-state index in [1.165, 1.54) is 12.8 Å². The van der Waals surface area contributed by atoms with Crippen LogP contribution >= 0.6 is 12.4 Å². The summed E-state index contributed by atoms with van der Waals surface area (Å²) in [6, 6.07) is 8.60. The minimum atomic E-state index is -0.0185. The van der Waals surface area contributed by atoms with E-state index in [0.29, 0.717) is 23.6 Å². The smallest absolute Gasteiger partial charge is 0.251 e. The molecule has 4 unspecified atom stereocenters. The first kappa shape index (κ1) is 18.2. The third kappa shape index (κ3) is 4.15. The molecule has 1 saturated carbocycles. The van der Waals surface area contributed by atoms with Crippen LogP contribution in [0.4, 0.5) is 5.69 Å². The van der Waals surface area contributed by atoms with Gasteiger partial charge in [0.25, 0.3) is 5.91 Å². The van der Waals surface area contributed by atoms with E-state index in [0.717, 1.165) is 24.9 Å². The van der Waals surface area contributed by atoms with Gasteiger partial charge in [-0.1, -0.05) is 6.92 Å². The van der Waals surface area contributed by atoms with Crippen molar-refractivity contribution in [3.05, 3.63) is 29.8 Å². The molecule has 2 bridgehead atoms. The standard InChI is InChI=1S/C19H25N3O2.ClH/c1-11-8-17(11)19(24)21-13-4-2-12(3-5-13)18(23)22-16-9-14-6-7-15(10-16)20-14;/h2-5,11,14-17,20H,6-10H2,1H3,(H,21,24)(H,22,23);1H. The van der Waals surface area contributed by atoms with Crippen molar-refractivity contribution in [2.75, 3.05) is 5.32 Å². The second-order valence-electron chi connectivity index (χ2n) is 7.67. The van der Waals surface area contributed by atoms with E-state index in [-0.39, 0.29) is 36.2 Å². The van der Waals surface area contributed by atoms with Crippen molar-refractivity contribution in [3.8, 4) is 0 Å². The highest BCUT2D eigenvalue weighted by atomic mass is 35.5. The molecule has 2 aliphatic heterocycles. The number of amides is 2. The maximum atomic E-state index is 12.4. The highest BCUT2D eigenvalue weighted by molar-refractivity contribution is 5.97. The molecule has 136 valence electrons. The molecule has 1 aromatic rings. The van der Waals surface area contributed by atoms with Crippen LogP contribution in [-0.4, -0.2) is 29.9 Å². The van der Waals surface area contributed by atoms with Gasteiger partial charge in [-0.3, -0.25) is 9.59 Å². The van der Waals surface area contributed by atoms with E-state index in [9.17, 15) is 9.59 Å². The summed E-state index contributed by atoms with van der Waals surface area (Å²) >= 11 is 0. The van der Waals surface area contributed by atoms with Crippen molar-refractivity contribution in [2.45, 2.75) is 57.2 Å². The zero-order valence-electron chi connectivity index (χ0n) is 14.5. The number of fused-ring (bicyclic) bond motifs is 2. The molecule has 4 rings (SSSR count). The Morgan fingerprint density at radius 3 is 2.20 bits per heavy atom. The summed E-state index contributed by atoms with van der Waals surface area (Å²) < 4.78 is 0. The molecule has 1 aromatic carbocycles. The van der Waals surface area contributed by atoms with Crippen LogP contribution in [0, 0.1) is 11.8 Å². The van der Waals surface area contributed by atoms with Gasteiger partial charge in [0.1, 0.15) is 0 Å². The van der Waals surface area contributed by atoms with Crippen LogP contribution in [0.2, 0.25) is 0 Å². The minimum absolute atomic E-state index is 0. The first-order chi connectivity index (χ1) is 11.6. The Morgan fingerprint density at radius 1 is 1.04 bits per heavy atom. The monoisotopic (exact) mass is 363 g/mol. The molecule has 6 heteroatoms. The Balaban J connectivity index is 0.00000182. The van der Waals surface area contributed by atoms with Gasteiger partial charge < -0.3 is 16.0 Å². The average Bonchev–Trinajstić information content (AvgIpc) is 3.21. The molecule has 2 amide bonds. The lowest BCUT2D eigenvalue weighted by Gasteiger charge is -2.29. The average molecular weight is 364 g/mol. The van der Waals surface area contributed by atoms with Gasteiger partial charge in [0.2, 0.25) is 5.91 Å². The van der Waals surface area contributed by atoms with E-state index >= 15 is 0 Å². The molecule has 3 N–H and O–H groups in total. The molecule has 0 spiro atoms. The van der Waals surface area contributed by atoms with Gasteiger partial charge in [0, 0.05) is 35.3 Å². The second-order valence-corrected chi connectivity index (χ2v) is 7.67. The number of anilines is 1. The lowest BCUT2D eigenvalue weighted by molar-refractivity contribution is -0.117. The van der Waals surface area contributed by atoms with Gasteiger partial charge in [-0.2, -0.15) is 0 Å². The zero-order chi connectivity index (χ0) is 16.7. The lowest BCUT2D eigenvalue weighted by atomic mass is 9.99. The van der Waals surface area contributed by atoms with Crippen LogP contribution in [0.1, 0.15) is 49.4 Å². The van der Waals surface area contributed by atoms with Crippen molar-refractivity contribution in [2.24, 2.45) is 11.8 Å². The molecule has 0 radical (unpaired) electrons. The fourth-order valence-electron chi connectivity index (χ4n) is 4.07. The van der Waals surface area contributed by atoms with Crippen LogP contribution in [0.5, 0.6) is 0 Å². The molecule has 5 nitrogen and oxygen atoms in total. The van der Waals surface area contributed by atoms with E-state index < -0.39 is 0 Å². The van der Waals surface area contributed by atoms with Gasteiger partial charge in [0.15, 0.2) is 0 Å².